The van der Waals surface area contributed by atoms with Crippen LogP contribution in [0.25, 0.3) is 0 Å². The van der Waals surface area contributed by atoms with Gasteiger partial charge < -0.3 is 18.8 Å². The Labute approximate surface area is 200 Å². The highest BCUT2D eigenvalue weighted by atomic mass is 19.3. The van der Waals surface area contributed by atoms with Crippen LogP contribution < -0.4 is 0 Å². The van der Waals surface area contributed by atoms with Gasteiger partial charge in [0.2, 0.25) is 6.43 Å². The summed E-state index contributed by atoms with van der Waals surface area (Å²) in [6, 6.07) is 7.58. The number of ether oxygens (including phenoxy) is 2. The van der Waals surface area contributed by atoms with E-state index in [1.54, 1.807) is 24.3 Å². The lowest BCUT2D eigenvalue weighted by Gasteiger charge is -2.35. The number of alkyl halides is 2. The lowest BCUT2D eigenvalue weighted by atomic mass is 9.72. The van der Waals surface area contributed by atoms with Crippen molar-refractivity contribution in [2.45, 2.75) is 83.6 Å². The maximum atomic E-state index is 14.5. The Morgan fingerprint density at radius 1 is 1.15 bits per heavy atom. The molecule has 1 amide bonds. The van der Waals surface area contributed by atoms with Crippen LogP contribution in [0.15, 0.2) is 30.3 Å². The van der Waals surface area contributed by atoms with Gasteiger partial charge in [0.1, 0.15) is 12.6 Å². The van der Waals surface area contributed by atoms with Crippen molar-refractivity contribution in [3.05, 3.63) is 35.9 Å². The van der Waals surface area contributed by atoms with Gasteiger partial charge in [-0.1, -0.05) is 36.8 Å². The first-order chi connectivity index (χ1) is 15.9. The predicted octanol–water partition coefficient (Wildman–Crippen LogP) is 4.69. The lowest BCUT2D eigenvalue weighted by molar-refractivity contribution is -0.154. The van der Waals surface area contributed by atoms with Gasteiger partial charge in [-0.05, 0) is 52.4 Å². The molecule has 2 heterocycles. The van der Waals surface area contributed by atoms with E-state index in [1.165, 1.54) is 0 Å². The van der Waals surface area contributed by atoms with Crippen molar-refractivity contribution in [3.8, 4) is 0 Å². The number of esters is 1. The zero-order valence-electron chi connectivity index (χ0n) is 20.5. The van der Waals surface area contributed by atoms with Gasteiger partial charge in [0.15, 0.2) is 0 Å². The topological polar surface area (TPSA) is 74.3 Å². The van der Waals surface area contributed by atoms with E-state index in [-0.39, 0.29) is 26.0 Å². The molecule has 1 aromatic rings. The number of hydrogen-bond acceptors (Lipinski definition) is 6. The molecule has 2 aliphatic heterocycles. The standard InChI is InChI=1S/C24H34BF2NO6/c1-22(2)23(3,4)34-25(33-22)14-9-12-24(20(26)27)13-15-28(18(24)19(29)31-5)21(30)32-16-17-10-7-6-8-11-17/h6-8,10-11,18,20H,9,12-16H2,1-5H3. The van der Waals surface area contributed by atoms with Gasteiger partial charge in [-0.3, -0.25) is 4.90 Å². The molecule has 34 heavy (non-hydrogen) atoms. The second-order valence-corrected chi connectivity index (χ2v) is 10.0. The first-order valence-corrected chi connectivity index (χ1v) is 11.6. The summed E-state index contributed by atoms with van der Waals surface area (Å²) in [6.45, 7) is 7.67. The summed E-state index contributed by atoms with van der Waals surface area (Å²) in [5, 5.41) is 0. The van der Waals surface area contributed by atoms with Crippen molar-refractivity contribution in [1.29, 1.82) is 0 Å². The zero-order valence-corrected chi connectivity index (χ0v) is 20.5. The van der Waals surface area contributed by atoms with Crippen molar-refractivity contribution >= 4 is 19.2 Å². The van der Waals surface area contributed by atoms with E-state index in [0.717, 1.165) is 17.6 Å². The molecule has 0 bridgehead atoms. The summed E-state index contributed by atoms with van der Waals surface area (Å²) in [6.07, 6.45) is -2.94. The molecule has 2 aliphatic rings. The van der Waals surface area contributed by atoms with Gasteiger partial charge in [-0.2, -0.15) is 0 Å². The van der Waals surface area contributed by atoms with Crippen molar-refractivity contribution in [3.63, 3.8) is 0 Å². The summed E-state index contributed by atoms with van der Waals surface area (Å²) in [4.78, 5) is 26.5. The number of likely N-dealkylation sites (tertiary alicyclic amines) is 1. The Balaban J connectivity index is 1.70. The maximum Gasteiger partial charge on any atom is 0.457 e. The first-order valence-electron chi connectivity index (χ1n) is 11.6. The molecule has 2 fully saturated rings. The summed E-state index contributed by atoms with van der Waals surface area (Å²) in [5.41, 5.74) is -2.01. The number of hydrogen-bond donors (Lipinski definition) is 0. The SMILES string of the molecule is COC(=O)C1N(C(=O)OCc2ccccc2)CCC1(CCCB1OC(C)(C)C(C)(C)O1)C(F)F. The Bertz CT molecular complexity index is 852. The number of nitrogens with zero attached hydrogens (tertiary/aromatic N) is 1. The van der Waals surface area contributed by atoms with Gasteiger partial charge in [0.05, 0.1) is 23.7 Å². The van der Waals surface area contributed by atoms with Crippen LogP contribution in [0.1, 0.15) is 52.5 Å². The van der Waals surface area contributed by atoms with E-state index >= 15 is 0 Å². The Hall–Kier alpha value is -2.20. The van der Waals surface area contributed by atoms with Crippen molar-refractivity contribution in [2.75, 3.05) is 13.7 Å². The molecule has 0 N–H and O–H groups in total. The summed E-state index contributed by atoms with van der Waals surface area (Å²) in [5.74, 6) is -0.870. The zero-order chi connectivity index (χ0) is 25.1. The minimum Gasteiger partial charge on any atom is -0.467 e. The molecular weight excluding hydrogens is 447 g/mol. The van der Waals surface area contributed by atoms with Gasteiger partial charge in [-0.15, -0.1) is 0 Å². The molecule has 0 aromatic heterocycles. The molecule has 0 radical (unpaired) electrons. The van der Waals surface area contributed by atoms with E-state index in [1.807, 2.05) is 33.8 Å². The predicted molar refractivity (Wildman–Crippen MR) is 122 cm³/mol. The lowest BCUT2D eigenvalue weighted by Crippen LogP contribution is -2.51. The van der Waals surface area contributed by atoms with Crippen LogP contribution in [0.4, 0.5) is 13.6 Å². The van der Waals surface area contributed by atoms with Gasteiger partial charge >= 0.3 is 19.2 Å². The Kier molecular flexibility index (Phi) is 7.92. The molecule has 1 aromatic carbocycles. The highest BCUT2D eigenvalue weighted by molar-refractivity contribution is 6.45. The number of halogens is 2. The number of carbonyl (C=O) groups excluding carboxylic acids is 2. The average Bonchev–Trinajstić information content (AvgIpc) is 3.26. The van der Waals surface area contributed by atoms with Crippen molar-refractivity contribution in [2.24, 2.45) is 5.41 Å². The molecule has 2 saturated heterocycles. The van der Waals surface area contributed by atoms with Crippen LogP contribution in [-0.4, -0.2) is 61.4 Å². The number of rotatable bonds is 8. The average molecular weight is 481 g/mol. The van der Waals surface area contributed by atoms with Crippen LogP contribution >= 0.6 is 0 Å². The quantitative estimate of drug-likeness (QED) is 0.396. The van der Waals surface area contributed by atoms with Crippen LogP contribution in [0.3, 0.4) is 0 Å². The second-order valence-electron chi connectivity index (χ2n) is 10.0. The largest absolute Gasteiger partial charge is 0.467 e. The van der Waals surface area contributed by atoms with E-state index < -0.39 is 48.3 Å². The minimum atomic E-state index is -2.83. The third kappa shape index (κ3) is 5.22. The molecular formula is C24H34BF2NO6. The van der Waals surface area contributed by atoms with Crippen LogP contribution in [-0.2, 0) is 30.2 Å². The Morgan fingerprint density at radius 2 is 1.76 bits per heavy atom. The molecule has 3 rings (SSSR count). The van der Waals surface area contributed by atoms with Crippen molar-refractivity contribution in [1.82, 2.24) is 4.90 Å². The fourth-order valence-electron chi connectivity index (χ4n) is 4.66. The summed E-state index contributed by atoms with van der Waals surface area (Å²) < 4.78 is 51.2. The third-order valence-corrected chi connectivity index (χ3v) is 7.36. The molecule has 7 nitrogen and oxygen atoms in total. The highest BCUT2D eigenvalue weighted by Gasteiger charge is 2.59. The number of carbonyl (C=O) groups is 2. The summed E-state index contributed by atoms with van der Waals surface area (Å²) in [7, 11) is 0.610. The summed E-state index contributed by atoms with van der Waals surface area (Å²) >= 11 is 0. The van der Waals surface area contributed by atoms with E-state index in [9.17, 15) is 18.4 Å². The fraction of sp³-hybridized carbons (Fsp3) is 0.667. The normalized spacial score (nSPS) is 25.6. The number of methoxy groups -OCH3 is 1. The maximum absolute atomic E-state index is 14.5. The smallest absolute Gasteiger partial charge is 0.457 e. The monoisotopic (exact) mass is 481 g/mol. The van der Waals surface area contributed by atoms with Crippen molar-refractivity contribution < 1.29 is 37.2 Å². The van der Waals surface area contributed by atoms with Gasteiger partial charge in [0, 0.05) is 6.54 Å². The number of amides is 1. The molecule has 2 unspecified atom stereocenters. The highest BCUT2D eigenvalue weighted by Crippen LogP contribution is 2.48. The molecule has 0 spiro atoms. The molecule has 10 heteroatoms. The van der Waals surface area contributed by atoms with E-state index in [0.29, 0.717) is 12.7 Å². The third-order valence-electron chi connectivity index (χ3n) is 7.36. The van der Waals surface area contributed by atoms with Gasteiger partial charge in [0.25, 0.3) is 0 Å². The molecule has 188 valence electrons. The molecule has 0 aliphatic carbocycles. The Morgan fingerprint density at radius 3 is 2.32 bits per heavy atom. The van der Waals surface area contributed by atoms with Gasteiger partial charge in [-0.25, -0.2) is 18.4 Å². The molecule has 2 atom stereocenters. The van der Waals surface area contributed by atoms with Crippen LogP contribution in [0.5, 0.6) is 0 Å². The van der Waals surface area contributed by atoms with Crippen LogP contribution in [0, 0.1) is 5.41 Å². The van der Waals surface area contributed by atoms with E-state index in [4.69, 9.17) is 18.8 Å². The van der Waals surface area contributed by atoms with E-state index in [2.05, 4.69) is 0 Å². The first kappa shape index (κ1) is 26.4. The number of benzene rings is 1. The minimum absolute atomic E-state index is 0.0109. The fourth-order valence-corrected chi connectivity index (χ4v) is 4.66. The molecule has 0 saturated carbocycles. The van der Waals surface area contributed by atoms with Crippen LogP contribution in [0.2, 0.25) is 6.32 Å². The second kappa shape index (κ2) is 10.2.